The molecule has 5 nitrogen and oxygen atoms in total. The van der Waals surface area contributed by atoms with Crippen molar-refractivity contribution in [1.29, 1.82) is 0 Å². The molecule has 136 valence electrons. The van der Waals surface area contributed by atoms with Gasteiger partial charge in [0.25, 0.3) is 0 Å². The third kappa shape index (κ3) is 4.07. The summed E-state index contributed by atoms with van der Waals surface area (Å²) in [4.78, 5) is 25.9. The zero-order valence-corrected chi connectivity index (χ0v) is 16.6. The van der Waals surface area contributed by atoms with Crippen molar-refractivity contribution in [2.75, 3.05) is 0 Å². The number of hydrogen-bond acceptors (Lipinski definition) is 6. The van der Waals surface area contributed by atoms with Gasteiger partial charge in [0, 0.05) is 24.1 Å². The fraction of sp³-hybridized carbons (Fsp3) is 0.368. The van der Waals surface area contributed by atoms with Gasteiger partial charge in [-0.25, -0.2) is 4.99 Å². The third-order valence-electron chi connectivity index (χ3n) is 4.35. The second-order valence-corrected chi connectivity index (χ2v) is 8.71. The van der Waals surface area contributed by atoms with Gasteiger partial charge in [-0.3, -0.25) is 14.8 Å². The largest absolute Gasteiger partial charge is 0.379 e. The smallest absolute Gasteiger partial charge is 0.187 e. The van der Waals surface area contributed by atoms with Crippen molar-refractivity contribution in [3.63, 3.8) is 0 Å². The van der Waals surface area contributed by atoms with Gasteiger partial charge in [0.1, 0.15) is 11.2 Å². The number of rotatable bonds is 4. The molecular formula is C19H21ClN4OS. The van der Waals surface area contributed by atoms with E-state index < -0.39 is 5.54 Å². The molecule has 0 unspecified atom stereocenters. The molecule has 0 bridgehead atoms. The van der Waals surface area contributed by atoms with E-state index in [1.807, 2.05) is 26.0 Å². The molecule has 0 saturated carbocycles. The summed E-state index contributed by atoms with van der Waals surface area (Å²) in [5.41, 5.74) is 8.39. The maximum atomic E-state index is 12.6. The Morgan fingerprint density at radius 1 is 1.42 bits per heavy atom. The number of nitrogens with two attached hydrogens (primary N) is 1. The van der Waals surface area contributed by atoms with E-state index in [2.05, 4.69) is 21.9 Å². The number of aryl methyl sites for hydroxylation is 1. The van der Waals surface area contributed by atoms with Crippen molar-refractivity contribution < 1.29 is 4.79 Å². The molecule has 0 spiro atoms. The molecule has 2 N–H and O–H groups in total. The first-order valence-corrected chi connectivity index (χ1v) is 9.65. The number of Topliss-reactive ketones (excluding diaryl/α,β-unsaturated/α-hetero) is 1. The number of carbonyl (C=O) groups is 1. The summed E-state index contributed by atoms with van der Waals surface area (Å²) in [6, 6.07) is 5.51. The van der Waals surface area contributed by atoms with Crippen LogP contribution in [-0.4, -0.2) is 26.2 Å². The molecule has 2 atom stereocenters. The van der Waals surface area contributed by atoms with Crippen LogP contribution in [0.25, 0.3) is 0 Å². The summed E-state index contributed by atoms with van der Waals surface area (Å²) in [5, 5.41) is 1.32. The van der Waals surface area contributed by atoms with Crippen molar-refractivity contribution >= 4 is 34.3 Å². The van der Waals surface area contributed by atoms with Gasteiger partial charge in [0.2, 0.25) is 0 Å². The first kappa shape index (κ1) is 18.9. The molecule has 3 heterocycles. The van der Waals surface area contributed by atoms with E-state index in [0.717, 1.165) is 23.2 Å². The highest BCUT2D eigenvalue weighted by atomic mass is 35.5. The summed E-state index contributed by atoms with van der Waals surface area (Å²) in [6.07, 6.45) is 4.42. The zero-order chi connectivity index (χ0) is 18.9. The van der Waals surface area contributed by atoms with Gasteiger partial charge in [0.15, 0.2) is 11.0 Å². The van der Waals surface area contributed by atoms with Crippen molar-refractivity contribution in [2.45, 2.75) is 44.4 Å². The Balaban J connectivity index is 1.86. The van der Waals surface area contributed by atoms with Crippen LogP contribution in [0.2, 0.25) is 5.02 Å². The summed E-state index contributed by atoms with van der Waals surface area (Å²) in [7, 11) is 0. The van der Waals surface area contributed by atoms with Gasteiger partial charge in [0.05, 0.1) is 10.7 Å². The number of hydrogen-bond donors (Lipinski definition) is 1. The highest BCUT2D eigenvalue weighted by Gasteiger charge is 2.34. The van der Waals surface area contributed by atoms with Gasteiger partial charge < -0.3 is 5.73 Å². The zero-order valence-electron chi connectivity index (χ0n) is 15.0. The van der Waals surface area contributed by atoms with Crippen LogP contribution in [-0.2, 0) is 12.0 Å². The average molecular weight is 389 g/mol. The molecule has 3 rings (SSSR count). The summed E-state index contributed by atoms with van der Waals surface area (Å²) >= 11 is 7.74. The predicted molar refractivity (Wildman–Crippen MR) is 107 cm³/mol. The molecule has 0 aromatic carbocycles. The standard InChI is InChI=1S/C19H21ClN4OS/c1-11-6-14(20)17(23-10-11)15(25)7-13-4-5-22-16(8-13)19(3)9-12(2)26-18(21)24-19/h4-6,8,10,12H,7,9H2,1-3H3,(H2,21,24)/t12-,19+/m1/s1. The van der Waals surface area contributed by atoms with Crippen LogP contribution in [0.5, 0.6) is 0 Å². The quantitative estimate of drug-likeness (QED) is 0.803. The minimum atomic E-state index is -0.479. The Morgan fingerprint density at radius 3 is 2.88 bits per heavy atom. The molecular weight excluding hydrogens is 368 g/mol. The van der Waals surface area contributed by atoms with Crippen LogP contribution in [0.4, 0.5) is 0 Å². The highest BCUT2D eigenvalue weighted by molar-refractivity contribution is 8.14. The topological polar surface area (TPSA) is 81.2 Å². The average Bonchev–Trinajstić information content (AvgIpc) is 2.53. The Labute approximate surface area is 162 Å². The molecule has 0 aliphatic carbocycles. The Hall–Kier alpha value is -1.92. The molecule has 0 fully saturated rings. The Kier molecular flexibility index (Phi) is 5.34. The normalized spacial score (nSPS) is 22.8. The molecule has 7 heteroatoms. The number of thioether (sulfide) groups is 1. The van der Waals surface area contributed by atoms with E-state index >= 15 is 0 Å². The second kappa shape index (κ2) is 7.37. The predicted octanol–water partition coefficient (Wildman–Crippen LogP) is 3.92. The van der Waals surface area contributed by atoms with Gasteiger partial charge >= 0.3 is 0 Å². The van der Waals surface area contributed by atoms with Crippen LogP contribution in [0.1, 0.15) is 47.6 Å². The summed E-state index contributed by atoms with van der Waals surface area (Å²) in [6.45, 7) is 6.05. The van der Waals surface area contributed by atoms with Crippen LogP contribution in [0, 0.1) is 6.92 Å². The van der Waals surface area contributed by atoms with Crippen LogP contribution >= 0.6 is 23.4 Å². The van der Waals surface area contributed by atoms with Crippen molar-refractivity contribution in [1.82, 2.24) is 9.97 Å². The van der Waals surface area contributed by atoms with E-state index in [9.17, 15) is 4.79 Å². The number of aromatic nitrogens is 2. The molecule has 26 heavy (non-hydrogen) atoms. The minimum Gasteiger partial charge on any atom is -0.379 e. The lowest BCUT2D eigenvalue weighted by Gasteiger charge is -2.32. The number of pyridine rings is 2. The molecule has 0 saturated heterocycles. The number of amidine groups is 1. The number of aliphatic imine (C=N–C) groups is 1. The number of ketones is 1. The van der Waals surface area contributed by atoms with Crippen LogP contribution in [0.15, 0.2) is 35.6 Å². The fourth-order valence-corrected chi connectivity index (χ4v) is 4.57. The first-order chi connectivity index (χ1) is 12.3. The SMILES string of the molecule is Cc1cnc(C(=O)Cc2ccnc([C@]3(C)C[C@@H](C)SC(N)=N3)c2)c(Cl)c1. The second-order valence-electron chi connectivity index (χ2n) is 6.85. The lowest BCUT2D eigenvalue weighted by molar-refractivity contribution is 0.0988. The lowest BCUT2D eigenvalue weighted by Crippen LogP contribution is -2.33. The summed E-state index contributed by atoms with van der Waals surface area (Å²) in [5.74, 6) is -0.118. The monoisotopic (exact) mass is 388 g/mol. The van der Waals surface area contributed by atoms with Gasteiger partial charge in [-0.1, -0.05) is 30.3 Å². The molecule has 0 amide bonds. The van der Waals surface area contributed by atoms with Crippen molar-refractivity contribution in [3.8, 4) is 0 Å². The Morgan fingerprint density at radius 2 is 2.19 bits per heavy atom. The first-order valence-electron chi connectivity index (χ1n) is 8.39. The number of halogens is 1. The van der Waals surface area contributed by atoms with Crippen molar-refractivity contribution in [3.05, 3.63) is 58.1 Å². The lowest BCUT2D eigenvalue weighted by atomic mass is 9.90. The van der Waals surface area contributed by atoms with Gasteiger partial charge in [-0.15, -0.1) is 0 Å². The molecule has 2 aromatic heterocycles. The van der Waals surface area contributed by atoms with E-state index in [1.165, 1.54) is 0 Å². The number of carbonyl (C=O) groups excluding carboxylic acids is 1. The van der Waals surface area contributed by atoms with Crippen molar-refractivity contribution in [2.24, 2.45) is 10.7 Å². The minimum absolute atomic E-state index is 0.118. The molecule has 0 radical (unpaired) electrons. The van der Waals surface area contributed by atoms with E-state index in [1.54, 1.807) is 30.2 Å². The molecule has 1 aliphatic heterocycles. The van der Waals surface area contributed by atoms with E-state index in [-0.39, 0.29) is 12.2 Å². The molecule has 1 aliphatic rings. The molecule has 2 aromatic rings. The van der Waals surface area contributed by atoms with Gasteiger partial charge in [-0.2, -0.15) is 0 Å². The van der Waals surface area contributed by atoms with Gasteiger partial charge in [-0.05, 0) is 49.6 Å². The third-order valence-corrected chi connectivity index (χ3v) is 5.54. The van der Waals surface area contributed by atoms with E-state index in [0.29, 0.717) is 21.1 Å². The number of nitrogens with zero attached hydrogens (tertiary/aromatic N) is 3. The maximum Gasteiger partial charge on any atom is 0.187 e. The maximum absolute atomic E-state index is 12.6. The Bertz CT molecular complexity index is 886. The fourth-order valence-electron chi connectivity index (χ4n) is 3.17. The summed E-state index contributed by atoms with van der Waals surface area (Å²) < 4.78 is 0. The van der Waals surface area contributed by atoms with E-state index in [4.69, 9.17) is 17.3 Å². The van der Waals surface area contributed by atoms with Crippen LogP contribution < -0.4 is 5.73 Å². The van der Waals surface area contributed by atoms with Crippen LogP contribution in [0.3, 0.4) is 0 Å². The highest BCUT2D eigenvalue weighted by Crippen LogP contribution is 2.38.